The minimum absolute atomic E-state index is 0.0886. The van der Waals surface area contributed by atoms with Crippen LogP contribution in [0.4, 0.5) is 10.5 Å². The molecule has 0 bridgehead atoms. The highest BCUT2D eigenvalue weighted by molar-refractivity contribution is 7.88. The summed E-state index contributed by atoms with van der Waals surface area (Å²) in [5, 5.41) is 13.7. The molecule has 0 spiro atoms. The van der Waals surface area contributed by atoms with Crippen LogP contribution >= 0.6 is 0 Å². The van der Waals surface area contributed by atoms with E-state index in [1.807, 2.05) is 0 Å². The fraction of sp³-hybridized carbons (Fsp3) is 0.333. The molecule has 0 heterocycles. The van der Waals surface area contributed by atoms with Crippen LogP contribution in [0.5, 0.6) is 0 Å². The van der Waals surface area contributed by atoms with Gasteiger partial charge in [0.2, 0.25) is 10.0 Å². The highest BCUT2D eigenvalue weighted by Crippen LogP contribution is 2.11. The Hall–Kier alpha value is -2.13. The number of carbonyl (C=O) groups is 2. The summed E-state index contributed by atoms with van der Waals surface area (Å²) in [6, 6.07) is 5.96. The Labute approximate surface area is 122 Å². The van der Waals surface area contributed by atoms with E-state index in [9.17, 15) is 18.0 Å². The Morgan fingerprint density at radius 3 is 2.57 bits per heavy atom. The Morgan fingerprint density at radius 1 is 1.24 bits per heavy atom. The number of anilines is 1. The van der Waals surface area contributed by atoms with Crippen LogP contribution in [-0.2, 0) is 21.2 Å². The van der Waals surface area contributed by atoms with Crippen LogP contribution in [0.1, 0.15) is 5.56 Å². The lowest BCUT2D eigenvalue weighted by molar-refractivity contribution is -0.136. The van der Waals surface area contributed by atoms with Gasteiger partial charge in [0.25, 0.3) is 0 Å². The normalized spacial score (nSPS) is 10.9. The van der Waals surface area contributed by atoms with Crippen molar-refractivity contribution in [3.8, 4) is 0 Å². The predicted molar refractivity (Wildman–Crippen MR) is 77.6 cm³/mol. The number of aliphatic carboxylic acids is 1. The molecule has 9 heteroatoms. The molecule has 0 saturated carbocycles. The van der Waals surface area contributed by atoms with Gasteiger partial charge in [-0.1, -0.05) is 12.1 Å². The van der Waals surface area contributed by atoms with Crippen molar-refractivity contribution in [2.45, 2.75) is 6.42 Å². The van der Waals surface area contributed by atoms with E-state index in [1.54, 1.807) is 24.3 Å². The van der Waals surface area contributed by atoms with Gasteiger partial charge in [0.05, 0.1) is 12.7 Å². The lowest BCUT2D eigenvalue weighted by Gasteiger charge is -2.08. The first-order valence-electron chi connectivity index (χ1n) is 6.06. The highest BCUT2D eigenvalue weighted by Gasteiger charge is 2.05. The maximum Gasteiger partial charge on any atom is 0.319 e. The van der Waals surface area contributed by atoms with E-state index in [-0.39, 0.29) is 19.5 Å². The molecule has 0 aliphatic heterocycles. The third-order valence-electron chi connectivity index (χ3n) is 2.32. The smallest absolute Gasteiger partial charge is 0.319 e. The maximum atomic E-state index is 11.6. The Bertz CT molecular complexity index is 615. The first kappa shape index (κ1) is 16.9. The van der Waals surface area contributed by atoms with E-state index in [1.165, 1.54) is 0 Å². The summed E-state index contributed by atoms with van der Waals surface area (Å²) >= 11 is 0. The van der Waals surface area contributed by atoms with Crippen molar-refractivity contribution >= 4 is 27.7 Å². The molecule has 4 N–H and O–H groups in total. The summed E-state index contributed by atoms with van der Waals surface area (Å²) < 4.78 is 23.8. The van der Waals surface area contributed by atoms with Crippen LogP contribution in [0.2, 0.25) is 0 Å². The fourth-order valence-corrected chi connectivity index (χ4v) is 1.99. The molecule has 0 saturated heterocycles. The standard InChI is InChI=1S/C12H17N3O5S/c1-21(19,20)14-6-5-13-12(18)15-10-4-2-3-9(7-10)8-11(16)17/h2-4,7,14H,5-6,8H2,1H3,(H,16,17)(H2,13,15,18). The Morgan fingerprint density at radius 2 is 1.95 bits per heavy atom. The van der Waals surface area contributed by atoms with E-state index in [2.05, 4.69) is 15.4 Å². The van der Waals surface area contributed by atoms with Crippen molar-refractivity contribution in [3.05, 3.63) is 29.8 Å². The van der Waals surface area contributed by atoms with Crippen LogP contribution in [0.15, 0.2) is 24.3 Å². The summed E-state index contributed by atoms with van der Waals surface area (Å²) in [4.78, 5) is 22.2. The zero-order valence-corrected chi connectivity index (χ0v) is 12.2. The third-order valence-corrected chi connectivity index (χ3v) is 3.04. The highest BCUT2D eigenvalue weighted by atomic mass is 32.2. The topological polar surface area (TPSA) is 125 Å². The van der Waals surface area contributed by atoms with Crippen LogP contribution in [0.25, 0.3) is 0 Å². The molecule has 0 atom stereocenters. The third kappa shape index (κ3) is 7.90. The van der Waals surface area contributed by atoms with Crippen molar-refractivity contribution in [3.63, 3.8) is 0 Å². The zero-order valence-electron chi connectivity index (χ0n) is 11.4. The average molecular weight is 315 g/mol. The molecule has 1 rings (SSSR count). The number of hydrogen-bond donors (Lipinski definition) is 4. The largest absolute Gasteiger partial charge is 0.481 e. The molecule has 8 nitrogen and oxygen atoms in total. The minimum Gasteiger partial charge on any atom is -0.481 e. The SMILES string of the molecule is CS(=O)(=O)NCCNC(=O)Nc1cccc(CC(=O)O)c1. The van der Waals surface area contributed by atoms with Crippen LogP contribution < -0.4 is 15.4 Å². The molecule has 21 heavy (non-hydrogen) atoms. The number of sulfonamides is 1. The summed E-state index contributed by atoms with van der Waals surface area (Å²) in [7, 11) is -3.28. The molecule has 0 radical (unpaired) electrons. The average Bonchev–Trinajstić information content (AvgIpc) is 2.33. The van der Waals surface area contributed by atoms with Gasteiger partial charge in [0, 0.05) is 18.8 Å². The predicted octanol–water partition coefficient (Wildman–Crippen LogP) is -0.0156. The van der Waals surface area contributed by atoms with Gasteiger partial charge in [-0.25, -0.2) is 17.9 Å². The van der Waals surface area contributed by atoms with Crippen molar-refractivity contribution in [1.29, 1.82) is 0 Å². The van der Waals surface area contributed by atoms with Gasteiger partial charge in [-0.3, -0.25) is 4.79 Å². The van der Waals surface area contributed by atoms with Crippen LogP contribution in [0, 0.1) is 0 Å². The number of rotatable bonds is 7. The number of amides is 2. The second-order valence-electron chi connectivity index (χ2n) is 4.32. The fourth-order valence-electron chi connectivity index (χ4n) is 1.52. The zero-order chi connectivity index (χ0) is 15.9. The molecule has 1 aromatic rings. The van der Waals surface area contributed by atoms with Gasteiger partial charge >= 0.3 is 12.0 Å². The monoisotopic (exact) mass is 315 g/mol. The molecule has 116 valence electrons. The van der Waals surface area contributed by atoms with E-state index < -0.39 is 22.0 Å². The Balaban J connectivity index is 2.42. The summed E-state index contributed by atoms with van der Waals surface area (Å²) in [5.74, 6) is -0.955. The van der Waals surface area contributed by atoms with Gasteiger partial charge in [-0.05, 0) is 17.7 Å². The van der Waals surface area contributed by atoms with Crippen LogP contribution in [0.3, 0.4) is 0 Å². The molecule has 2 amide bonds. The second kappa shape index (κ2) is 7.60. The number of benzene rings is 1. The van der Waals surface area contributed by atoms with Gasteiger partial charge < -0.3 is 15.7 Å². The minimum atomic E-state index is -3.28. The number of hydrogen-bond acceptors (Lipinski definition) is 4. The summed E-state index contributed by atoms with van der Waals surface area (Å²) in [5.41, 5.74) is 1.03. The van der Waals surface area contributed by atoms with Crippen molar-refractivity contribution in [2.24, 2.45) is 0 Å². The molecular formula is C12H17N3O5S. The van der Waals surface area contributed by atoms with E-state index in [0.717, 1.165) is 6.26 Å². The lowest BCUT2D eigenvalue weighted by Crippen LogP contribution is -2.36. The first-order valence-corrected chi connectivity index (χ1v) is 7.95. The number of nitrogens with one attached hydrogen (secondary N) is 3. The van der Waals surface area contributed by atoms with Crippen molar-refractivity contribution in [1.82, 2.24) is 10.0 Å². The summed E-state index contributed by atoms with van der Waals surface area (Å²) in [6.45, 7) is 0.221. The number of carboxylic acid groups (broad SMARTS) is 1. The number of carboxylic acids is 1. The van der Waals surface area contributed by atoms with E-state index in [4.69, 9.17) is 5.11 Å². The molecule has 1 aromatic carbocycles. The molecule has 0 aliphatic carbocycles. The van der Waals surface area contributed by atoms with Crippen LogP contribution in [-0.4, -0.2) is 44.9 Å². The molecular weight excluding hydrogens is 298 g/mol. The Kier molecular flexibility index (Phi) is 6.12. The maximum absolute atomic E-state index is 11.6. The van der Waals surface area contributed by atoms with Gasteiger partial charge in [0.15, 0.2) is 0 Å². The van der Waals surface area contributed by atoms with Crippen molar-refractivity contribution < 1.29 is 23.1 Å². The van der Waals surface area contributed by atoms with E-state index in [0.29, 0.717) is 11.3 Å². The molecule has 0 unspecified atom stereocenters. The number of carbonyl (C=O) groups excluding carboxylic acids is 1. The molecule has 0 fully saturated rings. The van der Waals surface area contributed by atoms with Crippen molar-refractivity contribution in [2.75, 3.05) is 24.7 Å². The second-order valence-corrected chi connectivity index (χ2v) is 6.15. The summed E-state index contributed by atoms with van der Waals surface area (Å²) in [6.07, 6.45) is 0.899. The quantitative estimate of drug-likeness (QED) is 0.527. The molecule has 0 aromatic heterocycles. The lowest BCUT2D eigenvalue weighted by atomic mass is 10.1. The van der Waals surface area contributed by atoms with Gasteiger partial charge in [-0.15, -0.1) is 0 Å². The van der Waals surface area contributed by atoms with Gasteiger partial charge in [0.1, 0.15) is 0 Å². The first-order chi connectivity index (χ1) is 9.76. The molecule has 0 aliphatic rings. The van der Waals surface area contributed by atoms with E-state index >= 15 is 0 Å². The van der Waals surface area contributed by atoms with Gasteiger partial charge in [-0.2, -0.15) is 0 Å². The number of urea groups is 1.